The van der Waals surface area contributed by atoms with Crippen LogP contribution in [-0.2, 0) is 6.61 Å². The zero-order valence-electron chi connectivity index (χ0n) is 17.5. The van der Waals surface area contributed by atoms with Crippen molar-refractivity contribution in [2.45, 2.75) is 19.4 Å². The minimum absolute atomic E-state index is 0.0671. The lowest BCUT2D eigenvalue weighted by atomic mass is 9.91. The number of aromatic carboxylic acids is 1. The van der Waals surface area contributed by atoms with Gasteiger partial charge < -0.3 is 14.8 Å². The number of ether oxygens (including phenoxy) is 1. The first-order valence-corrected chi connectivity index (χ1v) is 10.2. The fraction of sp³-hybridized carbons (Fsp3) is 0.115. The third-order valence-electron chi connectivity index (χ3n) is 5.25. The van der Waals surface area contributed by atoms with Crippen LogP contribution in [0.5, 0.6) is 5.75 Å². The Kier molecular flexibility index (Phi) is 6.12. The highest BCUT2D eigenvalue weighted by Crippen LogP contribution is 2.32. The normalized spacial score (nSPS) is 11.7. The molecule has 1 heterocycles. The molecule has 0 aliphatic carbocycles. The molecule has 4 aromatic rings. The topological polar surface area (TPSA) is 92.3 Å². The van der Waals surface area contributed by atoms with E-state index in [1.54, 1.807) is 0 Å². The first kappa shape index (κ1) is 21.1. The summed E-state index contributed by atoms with van der Waals surface area (Å²) in [4.78, 5) is 31.7. The first-order valence-electron chi connectivity index (χ1n) is 10.2. The van der Waals surface area contributed by atoms with E-state index in [1.807, 2.05) is 91.9 Å². The van der Waals surface area contributed by atoms with Crippen molar-refractivity contribution in [2.24, 2.45) is 0 Å². The van der Waals surface area contributed by atoms with Crippen molar-refractivity contribution in [3.8, 4) is 16.9 Å². The van der Waals surface area contributed by atoms with E-state index in [4.69, 9.17) is 4.74 Å². The molecule has 160 valence electrons. The predicted octanol–water partition coefficient (Wildman–Crippen LogP) is 4.87. The molecule has 1 atom stereocenters. The molecule has 0 aliphatic rings. The molecule has 6 heteroatoms. The quantitative estimate of drug-likeness (QED) is 0.440. The molecule has 0 saturated carbocycles. The Labute approximate surface area is 185 Å². The van der Waals surface area contributed by atoms with E-state index in [2.05, 4.69) is 9.97 Å². The summed E-state index contributed by atoms with van der Waals surface area (Å²) >= 11 is 0. The number of nitrogens with one attached hydrogen (secondary N) is 1. The van der Waals surface area contributed by atoms with Crippen LogP contribution in [0.25, 0.3) is 11.1 Å². The maximum Gasteiger partial charge on any atom is 0.358 e. The second-order valence-corrected chi connectivity index (χ2v) is 7.38. The van der Waals surface area contributed by atoms with Gasteiger partial charge in [-0.1, -0.05) is 91.9 Å². The number of carboxylic acid groups (broad SMARTS) is 1. The van der Waals surface area contributed by atoms with Crippen LogP contribution in [0.15, 0.2) is 89.7 Å². The smallest absolute Gasteiger partial charge is 0.358 e. The number of rotatable bonds is 7. The number of aromatic amines is 1. The number of hydrogen-bond acceptors (Lipinski definition) is 4. The molecule has 32 heavy (non-hydrogen) atoms. The molecule has 4 rings (SSSR count). The van der Waals surface area contributed by atoms with E-state index in [-0.39, 0.29) is 24.1 Å². The summed E-state index contributed by atoms with van der Waals surface area (Å²) in [7, 11) is 0. The second kappa shape index (κ2) is 9.31. The molecule has 1 unspecified atom stereocenters. The molecule has 6 nitrogen and oxygen atoms in total. The van der Waals surface area contributed by atoms with Crippen LogP contribution in [0.3, 0.4) is 0 Å². The molecule has 0 fully saturated rings. The standard InChI is InChI=1S/C26H22N2O4/c1-17(20-14-8-9-15-21(20)19-12-6-3-7-13-19)24-27-22(26(30)31)23(25(29)28-24)32-16-18-10-4-2-5-11-18/h2-15,17H,16H2,1H3,(H,30,31)(H,27,28,29). The lowest BCUT2D eigenvalue weighted by molar-refractivity contribution is 0.0683. The number of hydrogen-bond donors (Lipinski definition) is 2. The van der Waals surface area contributed by atoms with Crippen LogP contribution >= 0.6 is 0 Å². The third-order valence-corrected chi connectivity index (χ3v) is 5.25. The van der Waals surface area contributed by atoms with Gasteiger partial charge in [-0.25, -0.2) is 9.78 Å². The molecular formula is C26H22N2O4. The van der Waals surface area contributed by atoms with Crippen LogP contribution in [0.1, 0.15) is 40.3 Å². The summed E-state index contributed by atoms with van der Waals surface area (Å²) in [5, 5.41) is 9.70. The van der Waals surface area contributed by atoms with Gasteiger partial charge in [0.05, 0.1) is 0 Å². The number of H-pyrrole nitrogens is 1. The van der Waals surface area contributed by atoms with E-state index < -0.39 is 17.2 Å². The van der Waals surface area contributed by atoms with Gasteiger partial charge in [-0.3, -0.25) is 4.79 Å². The van der Waals surface area contributed by atoms with E-state index >= 15 is 0 Å². The molecule has 0 amide bonds. The van der Waals surface area contributed by atoms with E-state index in [9.17, 15) is 14.7 Å². The van der Waals surface area contributed by atoms with Crippen LogP contribution in [-0.4, -0.2) is 21.0 Å². The average Bonchev–Trinajstić information content (AvgIpc) is 2.83. The molecule has 0 spiro atoms. The van der Waals surface area contributed by atoms with Gasteiger partial charge in [0, 0.05) is 5.92 Å². The summed E-state index contributed by atoms with van der Waals surface area (Å²) in [6, 6.07) is 26.9. The maximum atomic E-state index is 12.8. The lowest BCUT2D eigenvalue weighted by Gasteiger charge is -2.17. The minimum atomic E-state index is -1.32. The van der Waals surface area contributed by atoms with Crippen molar-refractivity contribution in [2.75, 3.05) is 0 Å². The lowest BCUT2D eigenvalue weighted by Crippen LogP contribution is -2.22. The van der Waals surface area contributed by atoms with Crippen LogP contribution in [0.4, 0.5) is 0 Å². The SMILES string of the molecule is CC(c1nc(C(=O)O)c(OCc2ccccc2)c(=O)[nH]1)c1ccccc1-c1ccccc1. The zero-order chi connectivity index (χ0) is 22.5. The van der Waals surface area contributed by atoms with Gasteiger partial charge in [-0.05, 0) is 22.3 Å². The summed E-state index contributed by atoms with van der Waals surface area (Å²) in [6.07, 6.45) is 0. The van der Waals surface area contributed by atoms with Gasteiger partial charge in [-0.2, -0.15) is 0 Å². The third kappa shape index (κ3) is 4.44. The van der Waals surface area contributed by atoms with Crippen molar-refractivity contribution >= 4 is 5.97 Å². The minimum Gasteiger partial charge on any atom is -0.481 e. The molecule has 0 bridgehead atoms. The fourth-order valence-electron chi connectivity index (χ4n) is 3.60. The van der Waals surface area contributed by atoms with Crippen LogP contribution in [0.2, 0.25) is 0 Å². The highest BCUT2D eigenvalue weighted by atomic mass is 16.5. The first-order chi connectivity index (χ1) is 15.5. The Balaban J connectivity index is 1.71. The Hall–Kier alpha value is -4.19. The predicted molar refractivity (Wildman–Crippen MR) is 122 cm³/mol. The number of nitrogens with zero attached hydrogens (tertiary/aromatic N) is 1. The summed E-state index contributed by atoms with van der Waals surface area (Å²) < 4.78 is 5.56. The zero-order valence-corrected chi connectivity index (χ0v) is 17.5. The molecule has 0 aliphatic heterocycles. The Morgan fingerprint density at radius 2 is 1.59 bits per heavy atom. The number of carboxylic acids is 1. The van der Waals surface area contributed by atoms with Crippen molar-refractivity contribution in [3.63, 3.8) is 0 Å². The van der Waals surface area contributed by atoms with Gasteiger partial charge in [0.15, 0.2) is 5.69 Å². The van der Waals surface area contributed by atoms with Crippen molar-refractivity contribution in [1.82, 2.24) is 9.97 Å². The average molecular weight is 426 g/mol. The highest BCUT2D eigenvalue weighted by Gasteiger charge is 2.23. The Morgan fingerprint density at radius 3 is 2.28 bits per heavy atom. The van der Waals surface area contributed by atoms with Gasteiger partial charge in [0.1, 0.15) is 12.4 Å². The van der Waals surface area contributed by atoms with Crippen LogP contribution in [0, 0.1) is 0 Å². The number of carbonyl (C=O) groups is 1. The molecule has 1 aromatic heterocycles. The fourth-order valence-corrected chi connectivity index (χ4v) is 3.60. The summed E-state index contributed by atoms with van der Waals surface area (Å²) in [5.74, 6) is -1.69. The Bertz CT molecular complexity index is 1280. The van der Waals surface area contributed by atoms with E-state index in [0.29, 0.717) is 0 Å². The van der Waals surface area contributed by atoms with Crippen LogP contribution < -0.4 is 10.3 Å². The van der Waals surface area contributed by atoms with Crippen molar-refractivity contribution in [3.05, 3.63) is 118 Å². The molecule has 3 aromatic carbocycles. The molecule has 2 N–H and O–H groups in total. The van der Waals surface area contributed by atoms with Gasteiger partial charge in [-0.15, -0.1) is 0 Å². The Morgan fingerprint density at radius 1 is 0.969 bits per heavy atom. The molecule has 0 saturated heterocycles. The summed E-state index contributed by atoms with van der Waals surface area (Å²) in [6.45, 7) is 1.95. The van der Waals surface area contributed by atoms with Gasteiger partial charge in [0.25, 0.3) is 5.56 Å². The monoisotopic (exact) mass is 426 g/mol. The summed E-state index contributed by atoms with van der Waals surface area (Å²) in [5.41, 5.74) is 2.74. The largest absolute Gasteiger partial charge is 0.481 e. The maximum absolute atomic E-state index is 12.8. The van der Waals surface area contributed by atoms with Crippen molar-refractivity contribution in [1.29, 1.82) is 0 Å². The van der Waals surface area contributed by atoms with E-state index in [0.717, 1.165) is 22.3 Å². The number of benzene rings is 3. The molecule has 0 radical (unpaired) electrons. The van der Waals surface area contributed by atoms with Gasteiger partial charge >= 0.3 is 5.97 Å². The highest BCUT2D eigenvalue weighted by molar-refractivity contribution is 5.88. The van der Waals surface area contributed by atoms with E-state index in [1.165, 1.54) is 0 Å². The van der Waals surface area contributed by atoms with Gasteiger partial charge in [0.2, 0.25) is 5.75 Å². The second-order valence-electron chi connectivity index (χ2n) is 7.38. The molecular weight excluding hydrogens is 404 g/mol. The van der Waals surface area contributed by atoms with Crippen molar-refractivity contribution < 1.29 is 14.6 Å². The number of aromatic nitrogens is 2.